The number of amidine groups is 1. The molecule has 9 nitrogen and oxygen atoms in total. The molecule has 1 amide bonds. The highest BCUT2D eigenvalue weighted by Gasteiger charge is 2.41. The summed E-state index contributed by atoms with van der Waals surface area (Å²) in [6.07, 6.45) is 1.48. The molecule has 10 heteroatoms. The van der Waals surface area contributed by atoms with E-state index < -0.39 is 12.0 Å². The number of hydrogen-bond donors (Lipinski definition) is 1. The number of pyridine rings is 1. The first-order chi connectivity index (χ1) is 17.8. The first-order valence-electron chi connectivity index (χ1n) is 11.9. The van der Waals surface area contributed by atoms with Crippen molar-refractivity contribution in [3.05, 3.63) is 76.2 Å². The number of esters is 1. The number of carbonyl (C=O) groups excluding carboxylic acids is 2. The molecule has 0 saturated heterocycles. The molecule has 0 radical (unpaired) electrons. The SMILES string of the molecule is COc1cc(OC)cc(C2C(C(=O)OC(C)C)=C(C)N=C3SC=C(CC(=O)NCc4ccccn4)N32)c1. The summed E-state index contributed by atoms with van der Waals surface area (Å²) < 4.78 is 16.6. The quantitative estimate of drug-likeness (QED) is 0.486. The van der Waals surface area contributed by atoms with Gasteiger partial charge in [-0.05, 0) is 56.0 Å². The molecule has 0 fully saturated rings. The lowest BCUT2D eigenvalue weighted by atomic mass is 9.93. The lowest BCUT2D eigenvalue weighted by Gasteiger charge is -2.36. The van der Waals surface area contributed by atoms with Gasteiger partial charge in [-0.3, -0.25) is 9.78 Å². The van der Waals surface area contributed by atoms with Crippen LogP contribution in [0.15, 0.2) is 70.0 Å². The lowest BCUT2D eigenvalue weighted by molar-refractivity contribution is -0.143. The van der Waals surface area contributed by atoms with Crippen LogP contribution >= 0.6 is 11.8 Å². The number of amides is 1. The van der Waals surface area contributed by atoms with E-state index >= 15 is 0 Å². The fraction of sp³-hybridized carbons (Fsp3) is 0.333. The van der Waals surface area contributed by atoms with Crippen molar-refractivity contribution in [3.63, 3.8) is 0 Å². The van der Waals surface area contributed by atoms with E-state index in [2.05, 4.69) is 10.3 Å². The molecule has 1 atom stereocenters. The molecule has 194 valence electrons. The van der Waals surface area contributed by atoms with Crippen LogP contribution in [0.1, 0.15) is 44.5 Å². The zero-order valence-corrected chi connectivity index (χ0v) is 22.3. The number of allylic oxidation sites excluding steroid dienone is 1. The van der Waals surface area contributed by atoms with E-state index in [0.29, 0.717) is 34.5 Å². The van der Waals surface area contributed by atoms with Crippen LogP contribution in [0.3, 0.4) is 0 Å². The fourth-order valence-electron chi connectivity index (χ4n) is 4.13. The van der Waals surface area contributed by atoms with E-state index in [9.17, 15) is 9.59 Å². The maximum atomic E-state index is 13.3. The number of nitrogens with zero attached hydrogens (tertiary/aromatic N) is 3. The predicted octanol–water partition coefficient (Wildman–Crippen LogP) is 4.33. The predicted molar refractivity (Wildman–Crippen MR) is 142 cm³/mol. The molecule has 2 aliphatic heterocycles. The molecule has 0 aliphatic carbocycles. The van der Waals surface area contributed by atoms with Gasteiger partial charge in [0.2, 0.25) is 5.91 Å². The van der Waals surface area contributed by atoms with Crippen molar-refractivity contribution in [2.24, 2.45) is 4.99 Å². The van der Waals surface area contributed by atoms with Gasteiger partial charge in [-0.15, -0.1) is 0 Å². The number of benzene rings is 1. The molecule has 37 heavy (non-hydrogen) atoms. The summed E-state index contributed by atoms with van der Waals surface area (Å²) in [7, 11) is 3.15. The van der Waals surface area contributed by atoms with E-state index in [1.807, 2.05) is 40.6 Å². The van der Waals surface area contributed by atoms with Gasteiger partial charge in [0, 0.05) is 18.0 Å². The summed E-state index contributed by atoms with van der Waals surface area (Å²) in [4.78, 5) is 37.1. The number of methoxy groups -OCH3 is 2. The molecule has 1 unspecified atom stereocenters. The van der Waals surface area contributed by atoms with Crippen molar-refractivity contribution in [1.82, 2.24) is 15.2 Å². The monoisotopic (exact) mass is 522 g/mol. The maximum absolute atomic E-state index is 13.3. The van der Waals surface area contributed by atoms with E-state index in [4.69, 9.17) is 19.2 Å². The number of aliphatic imine (C=N–C) groups is 1. The minimum atomic E-state index is -0.590. The summed E-state index contributed by atoms with van der Waals surface area (Å²) in [5.41, 5.74) is 3.20. The maximum Gasteiger partial charge on any atom is 0.338 e. The number of aromatic nitrogens is 1. The van der Waals surface area contributed by atoms with Crippen molar-refractivity contribution in [1.29, 1.82) is 0 Å². The second kappa shape index (κ2) is 11.5. The molecular weight excluding hydrogens is 492 g/mol. The van der Waals surface area contributed by atoms with Crippen LogP contribution in [0.5, 0.6) is 11.5 Å². The number of carbonyl (C=O) groups is 2. The standard InChI is InChI=1S/C27H30N4O5S/c1-16(2)36-26(33)24-17(3)30-27-31(25(24)18-10-21(34-4)13-22(11-18)35-5)20(15-37-27)12-23(32)29-14-19-8-6-7-9-28-19/h6-11,13,15-16,25H,12,14H2,1-5H3,(H,29,32). The van der Waals surface area contributed by atoms with Crippen molar-refractivity contribution < 1.29 is 23.8 Å². The Morgan fingerprint density at radius 2 is 1.86 bits per heavy atom. The Labute approximate surface area is 220 Å². The number of thioether (sulfide) groups is 1. The molecule has 1 N–H and O–H groups in total. The first-order valence-corrected chi connectivity index (χ1v) is 12.7. The second-order valence-electron chi connectivity index (χ2n) is 8.77. The summed E-state index contributed by atoms with van der Waals surface area (Å²) in [5, 5.41) is 5.49. The van der Waals surface area contributed by atoms with Gasteiger partial charge in [-0.2, -0.15) is 0 Å². The number of fused-ring (bicyclic) bond motifs is 1. The highest BCUT2D eigenvalue weighted by molar-refractivity contribution is 8.16. The Morgan fingerprint density at radius 1 is 1.14 bits per heavy atom. The van der Waals surface area contributed by atoms with E-state index in [-0.39, 0.29) is 18.4 Å². The minimum Gasteiger partial charge on any atom is -0.497 e. The topological polar surface area (TPSA) is 102 Å². The average molecular weight is 523 g/mol. The Balaban J connectivity index is 1.68. The molecule has 2 aliphatic rings. The van der Waals surface area contributed by atoms with Gasteiger partial charge < -0.3 is 24.4 Å². The normalized spacial score (nSPS) is 16.7. The Kier molecular flexibility index (Phi) is 8.17. The second-order valence-corrected chi connectivity index (χ2v) is 9.60. The fourth-order valence-corrected chi connectivity index (χ4v) is 5.09. The van der Waals surface area contributed by atoms with Gasteiger partial charge in [-0.1, -0.05) is 17.8 Å². The minimum absolute atomic E-state index is 0.0992. The number of ether oxygens (including phenoxy) is 3. The summed E-state index contributed by atoms with van der Waals surface area (Å²) in [5.74, 6) is 0.535. The molecule has 1 aromatic heterocycles. The van der Waals surface area contributed by atoms with Crippen LogP contribution in [0.4, 0.5) is 0 Å². The third-order valence-electron chi connectivity index (χ3n) is 5.79. The van der Waals surface area contributed by atoms with Gasteiger partial charge in [0.25, 0.3) is 0 Å². The molecular formula is C27H30N4O5S. The molecule has 2 aromatic rings. The van der Waals surface area contributed by atoms with Gasteiger partial charge in [0.05, 0.1) is 56.3 Å². The van der Waals surface area contributed by atoms with Crippen LogP contribution < -0.4 is 14.8 Å². The molecule has 3 heterocycles. The first kappa shape index (κ1) is 26.3. The van der Waals surface area contributed by atoms with E-state index in [1.54, 1.807) is 47.3 Å². The van der Waals surface area contributed by atoms with Crippen molar-refractivity contribution in [2.75, 3.05) is 14.2 Å². The number of rotatable bonds is 9. The van der Waals surface area contributed by atoms with Crippen molar-refractivity contribution in [3.8, 4) is 11.5 Å². The molecule has 1 aromatic carbocycles. The van der Waals surface area contributed by atoms with Gasteiger partial charge in [-0.25, -0.2) is 9.79 Å². The molecule has 0 spiro atoms. The zero-order chi connectivity index (χ0) is 26.5. The van der Waals surface area contributed by atoms with Crippen LogP contribution in [-0.2, 0) is 20.9 Å². The number of hydrogen-bond acceptors (Lipinski definition) is 9. The van der Waals surface area contributed by atoms with Gasteiger partial charge in [0.1, 0.15) is 11.5 Å². The van der Waals surface area contributed by atoms with Gasteiger partial charge in [0.15, 0.2) is 5.17 Å². The van der Waals surface area contributed by atoms with Crippen LogP contribution in [0, 0.1) is 0 Å². The Morgan fingerprint density at radius 3 is 2.49 bits per heavy atom. The van der Waals surface area contributed by atoms with Crippen LogP contribution in [0.25, 0.3) is 0 Å². The average Bonchev–Trinajstić information content (AvgIpc) is 3.27. The van der Waals surface area contributed by atoms with Crippen LogP contribution in [-0.4, -0.2) is 47.3 Å². The van der Waals surface area contributed by atoms with Crippen molar-refractivity contribution in [2.45, 2.75) is 45.9 Å². The van der Waals surface area contributed by atoms with E-state index in [0.717, 1.165) is 17.0 Å². The Bertz CT molecular complexity index is 1250. The zero-order valence-electron chi connectivity index (χ0n) is 21.5. The van der Waals surface area contributed by atoms with E-state index in [1.165, 1.54) is 11.8 Å². The molecule has 4 rings (SSSR count). The highest BCUT2D eigenvalue weighted by atomic mass is 32.2. The van der Waals surface area contributed by atoms with Crippen molar-refractivity contribution >= 4 is 28.8 Å². The molecule has 0 bridgehead atoms. The third kappa shape index (κ3) is 5.96. The largest absolute Gasteiger partial charge is 0.497 e. The number of nitrogens with one attached hydrogen (secondary N) is 1. The highest BCUT2D eigenvalue weighted by Crippen LogP contribution is 2.46. The third-order valence-corrected chi connectivity index (χ3v) is 6.68. The van der Waals surface area contributed by atoms with Gasteiger partial charge >= 0.3 is 5.97 Å². The summed E-state index contributed by atoms with van der Waals surface area (Å²) in [6.45, 7) is 5.72. The summed E-state index contributed by atoms with van der Waals surface area (Å²) >= 11 is 1.41. The lowest BCUT2D eigenvalue weighted by Crippen LogP contribution is -2.38. The summed E-state index contributed by atoms with van der Waals surface area (Å²) in [6, 6.07) is 10.4. The van der Waals surface area contributed by atoms with Crippen LogP contribution in [0.2, 0.25) is 0 Å². The Hall–Kier alpha value is -3.79. The molecule has 0 saturated carbocycles. The smallest absolute Gasteiger partial charge is 0.338 e.